The average Bonchev–Trinajstić information content (AvgIpc) is 3.34. The molecule has 1 amide bonds. The summed E-state index contributed by atoms with van der Waals surface area (Å²) in [5, 5.41) is 23.2. The Morgan fingerprint density at radius 3 is 0.941 bits per heavy atom. The summed E-state index contributed by atoms with van der Waals surface area (Å²) < 4.78 is 0. The van der Waals surface area contributed by atoms with Gasteiger partial charge < -0.3 is 15.5 Å². The van der Waals surface area contributed by atoms with Crippen molar-refractivity contribution < 1.29 is 15.0 Å². The van der Waals surface area contributed by atoms with Crippen molar-refractivity contribution in [2.75, 3.05) is 6.61 Å². The molecule has 0 radical (unpaired) electrons. The summed E-state index contributed by atoms with van der Waals surface area (Å²) in [6.45, 7) is 4.31. The van der Waals surface area contributed by atoms with Crippen molar-refractivity contribution in [2.45, 2.75) is 334 Å². The maximum atomic E-state index is 12.5. The number of carbonyl (C=O) groups is 1. The van der Waals surface area contributed by atoms with Crippen LogP contribution in [-0.4, -0.2) is 34.9 Å². The number of amides is 1. The van der Waals surface area contributed by atoms with E-state index in [4.69, 9.17) is 0 Å². The highest BCUT2D eigenvalue weighted by atomic mass is 16.3. The largest absolute Gasteiger partial charge is 0.394 e. The zero-order valence-electron chi connectivity index (χ0n) is 45.9. The Labute approximate surface area is 426 Å². The van der Waals surface area contributed by atoms with Crippen molar-refractivity contribution in [3.8, 4) is 0 Å². The summed E-state index contributed by atoms with van der Waals surface area (Å²) in [5.74, 6) is -0.0745. The molecule has 4 heteroatoms. The molecule has 0 aliphatic heterocycles. The zero-order chi connectivity index (χ0) is 49.2. The van der Waals surface area contributed by atoms with E-state index >= 15 is 0 Å². The molecule has 0 aromatic heterocycles. The number of nitrogens with one attached hydrogen (secondary N) is 1. The molecule has 0 heterocycles. The normalized spacial score (nSPS) is 13.2. The van der Waals surface area contributed by atoms with Gasteiger partial charge in [-0.2, -0.15) is 0 Å². The van der Waals surface area contributed by atoms with E-state index in [1.807, 2.05) is 6.08 Å². The number of hydrogen-bond donors (Lipinski definition) is 3. The number of hydrogen-bond acceptors (Lipinski definition) is 3. The van der Waals surface area contributed by atoms with Crippen LogP contribution in [0.25, 0.3) is 0 Å². The van der Waals surface area contributed by atoms with E-state index in [0.717, 1.165) is 44.9 Å². The highest BCUT2D eigenvalue weighted by Gasteiger charge is 2.18. The van der Waals surface area contributed by atoms with Crippen molar-refractivity contribution >= 4 is 5.91 Å². The Hall–Kier alpha value is -1.91. The topological polar surface area (TPSA) is 69.6 Å². The first-order valence-electron chi connectivity index (χ1n) is 30.5. The van der Waals surface area contributed by atoms with Crippen molar-refractivity contribution in [3.05, 3.63) is 60.8 Å². The third kappa shape index (κ3) is 55.0. The van der Waals surface area contributed by atoms with Crippen LogP contribution in [-0.2, 0) is 4.79 Å². The van der Waals surface area contributed by atoms with Crippen LogP contribution in [0.5, 0.6) is 0 Å². The summed E-state index contributed by atoms with van der Waals surface area (Å²) in [5.41, 5.74) is 0. The third-order valence-corrected chi connectivity index (χ3v) is 14.0. The van der Waals surface area contributed by atoms with Crippen molar-refractivity contribution in [1.29, 1.82) is 0 Å². The summed E-state index contributed by atoms with van der Waals surface area (Å²) in [4.78, 5) is 12.5. The van der Waals surface area contributed by atoms with Crippen molar-refractivity contribution in [2.24, 2.45) is 0 Å². The molecule has 0 rings (SSSR count). The number of allylic oxidation sites excluding steroid dienone is 9. The lowest BCUT2D eigenvalue weighted by atomic mass is 10.0. The number of aliphatic hydroxyl groups is 2. The first-order chi connectivity index (χ1) is 33.7. The summed E-state index contributed by atoms with van der Waals surface area (Å²) in [6.07, 6.45) is 84.1. The lowest BCUT2D eigenvalue weighted by Crippen LogP contribution is -2.45. The summed E-state index contributed by atoms with van der Waals surface area (Å²) >= 11 is 0. The number of carbonyl (C=O) groups excluding carboxylic acids is 1. The SMILES string of the molecule is CCCCCCC/C=C\C/C=C\CCCCCCCCCCCCCCCCCCCC(=O)NC(CO)C(O)/C=C/CC/C=C/CC/C=C/CCCCCCCCCCCCCCCCCCC. The number of unbranched alkanes of at least 4 members (excludes halogenated alkanes) is 41. The standard InChI is InChI=1S/C64H119NO3/c1-3-5-7-9-11-13-15-17-19-21-23-25-27-29-31-32-34-36-38-40-42-44-46-48-50-52-54-56-58-60-64(68)65-62(61-66)63(67)59-57-55-53-51-49-47-45-43-41-39-37-35-33-30-28-26-24-22-20-18-16-14-12-10-8-6-4-2/h15,17,21,23,41,43,49,51,57,59,62-63,66-67H,3-14,16,18-20,22,24-40,42,44-48,50,52-56,58,60-61H2,1-2H3,(H,65,68)/b17-15-,23-21-,43-41+,51-49+,59-57+. The molecule has 2 unspecified atom stereocenters. The first kappa shape index (κ1) is 66.1. The van der Waals surface area contributed by atoms with Crippen LogP contribution >= 0.6 is 0 Å². The van der Waals surface area contributed by atoms with Gasteiger partial charge in [-0.15, -0.1) is 0 Å². The second-order valence-electron chi connectivity index (χ2n) is 20.7. The Bertz CT molecular complexity index is 1120. The quantitative estimate of drug-likeness (QED) is 0.0420. The van der Waals surface area contributed by atoms with Gasteiger partial charge in [-0.3, -0.25) is 4.79 Å². The van der Waals surface area contributed by atoms with Crippen LogP contribution < -0.4 is 5.32 Å². The van der Waals surface area contributed by atoms with Gasteiger partial charge in [0.15, 0.2) is 0 Å². The van der Waals surface area contributed by atoms with Crippen LogP contribution in [0.3, 0.4) is 0 Å². The van der Waals surface area contributed by atoms with E-state index in [1.54, 1.807) is 6.08 Å². The highest BCUT2D eigenvalue weighted by molar-refractivity contribution is 5.76. The molecule has 4 nitrogen and oxygen atoms in total. The lowest BCUT2D eigenvalue weighted by molar-refractivity contribution is -0.123. The van der Waals surface area contributed by atoms with Gasteiger partial charge in [0, 0.05) is 6.42 Å². The average molecular weight is 951 g/mol. The second kappa shape index (κ2) is 59.4. The minimum Gasteiger partial charge on any atom is -0.394 e. The molecule has 0 saturated carbocycles. The molecule has 0 spiro atoms. The molecule has 0 saturated heterocycles. The van der Waals surface area contributed by atoms with Gasteiger partial charge in [0.2, 0.25) is 5.91 Å². The van der Waals surface area contributed by atoms with E-state index in [0.29, 0.717) is 6.42 Å². The summed E-state index contributed by atoms with van der Waals surface area (Å²) in [6, 6.07) is -0.648. The monoisotopic (exact) mass is 950 g/mol. The van der Waals surface area contributed by atoms with E-state index in [9.17, 15) is 15.0 Å². The van der Waals surface area contributed by atoms with E-state index in [2.05, 4.69) is 67.8 Å². The van der Waals surface area contributed by atoms with Crippen LogP contribution in [0, 0.1) is 0 Å². The summed E-state index contributed by atoms with van der Waals surface area (Å²) in [7, 11) is 0. The Balaban J connectivity index is 3.53. The van der Waals surface area contributed by atoms with Gasteiger partial charge in [-0.05, 0) is 77.0 Å². The fourth-order valence-corrected chi connectivity index (χ4v) is 9.30. The predicted molar refractivity (Wildman–Crippen MR) is 304 cm³/mol. The number of aliphatic hydroxyl groups excluding tert-OH is 2. The van der Waals surface area contributed by atoms with Gasteiger partial charge in [-0.1, -0.05) is 299 Å². The van der Waals surface area contributed by atoms with Gasteiger partial charge in [-0.25, -0.2) is 0 Å². The van der Waals surface area contributed by atoms with Crippen molar-refractivity contribution in [3.63, 3.8) is 0 Å². The van der Waals surface area contributed by atoms with Crippen LogP contribution in [0.2, 0.25) is 0 Å². The maximum Gasteiger partial charge on any atom is 0.220 e. The molecule has 0 aliphatic carbocycles. The van der Waals surface area contributed by atoms with Gasteiger partial charge in [0.25, 0.3) is 0 Å². The fourth-order valence-electron chi connectivity index (χ4n) is 9.30. The molecule has 0 aromatic carbocycles. The fraction of sp³-hybridized carbons (Fsp3) is 0.828. The zero-order valence-corrected chi connectivity index (χ0v) is 45.9. The smallest absolute Gasteiger partial charge is 0.220 e. The van der Waals surface area contributed by atoms with Crippen LogP contribution in [0.4, 0.5) is 0 Å². The number of rotatable bonds is 56. The first-order valence-corrected chi connectivity index (χ1v) is 30.5. The minimum absolute atomic E-state index is 0.0745. The molecule has 0 bridgehead atoms. The molecular weight excluding hydrogens is 831 g/mol. The van der Waals surface area contributed by atoms with Gasteiger partial charge in [0.05, 0.1) is 18.8 Å². The van der Waals surface area contributed by atoms with Gasteiger partial charge >= 0.3 is 0 Å². The lowest BCUT2D eigenvalue weighted by Gasteiger charge is -2.19. The molecule has 0 aliphatic rings. The molecule has 2 atom stereocenters. The van der Waals surface area contributed by atoms with E-state index < -0.39 is 12.1 Å². The maximum absolute atomic E-state index is 12.5. The minimum atomic E-state index is -0.873. The Kier molecular flexibility index (Phi) is 57.7. The Morgan fingerprint density at radius 1 is 0.353 bits per heavy atom. The molecule has 3 N–H and O–H groups in total. The van der Waals surface area contributed by atoms with Crippen molar-refractivity contribution in [1.82, 2.24) is 5.32 Å². The van der Waals surface area contributed by atoms with Crippen LogP contribution in [0.15, 0.2) is 60.8 Å². The van der Waals surface area contributed by atoms with Crippen LogP contribution in [0.1, 0.15) is 322 Å². The molecule has 398 valence electrons. The Morgan fingerprint density at radius 2 is 0.618 bits per heavy atom. The third-order valence-electron chi connectivity index (χ3n) is 14.0. The highest BCUT2D eigenvalue weighted by Crippen LogP contribution is 2.17. The van der Waals surface area contributed by atoms with Gasteiger partial charge in [0.1, 0.15) is 0 Å². The molecule has 0 aromatic rings. The molecule has 68 heavy (non-hydrogen) atoms. The molecular formula is C64H119NO3. The predicted octanol–water partition coefficient (Wildman–Crippen LogP) is 20.4. The molecule has 0 fully saturated rings. The van der Waals surface area contributed by atoms with E-state index in [-0.39, 0.29) is 12.5 Å². The van der Waals surface area contributed by atoms with E-state index in [1.165, 1.54) is 257 Å². The second-order valence-corrected chi connectivity index (χ2v) is 20.7.